The van der Waals surface area contributed by atoms with Crippen molar-refractivity contribution in [3.63, 3.8) is 0 Å². The van der Waals surface area contributed by atoms with Gasteiger partial charge in [-0.3, -0.25) is 42.4 Å². The summed E-state index contributed by atoms with van der Waals surface area (Å²) in [4.78, 5) is 96.9. The Bertz CT molecular complexity index is 2260. The fraction of sp³-hybridized carbons (Fsp3) is 0.583. The van der Waals surface area contributed by atoms with Gasteiger partial charge < -0.3 is 79.4 Å². The Hall–Kier alpha value is -3.02. The van der Waals surface area contributed by atoms with Gasteiger partial charge in [0.1, 0.15) is 42.3 Å². The highest BCUT2D eigenvalue weighted by molar-refractivity contribution is 7.68. The van der Waals surface area contributed by atoms with Crippen LogP contribution in [0.15, 0.2) is 26.7 Å². The van der Waals surface area contributed by atoms with Gasteiger partial charge in [0.2, 0.25) is 5.95 Å². The highest BCUT2D eigenvalue weighted by Gasteiger charge is 2.50. The number of hydrogen-bond donors (Lipinski definition) is 7. The van der Waals surface area contributed by atoms with Crippen molar-refractivity contribution >= 4 is 54.8 Å². The van der Waals surface area contributed by atoms with Gasteiger partial charge in [0.15, 0.2) is 18.3 Å². The van der Waals surface area contributed by atoms with Crippen molar-refractivity contribution in [1.29, 1.82) is 0 Å². The number of fused-ring (bicyclic) bond motifs is 1. The number of ether oxygens (including phenoxy) is 3. The maximum atomic E-state index is 12.4. The van der Waals surface area contributed by atoms with E-state index in [1.165, 1.54) is 29.0 Å². The zero-order valence-electron chi connectivity index (χ0n) is 29.5. The van der Waals surface area contributed by atoms with E-state index in [4.69, 9.17) is 25.7 Å². The van der Waals surface area contributed by atoms with Crippen LogP contribution < -0.4 is 57.6 Å². The highest BCUT2D eigenvalue weighted by Crippen LogP contribution is 2.67. The van der Waals surface area contributed by atoms with Gasteiger partial charge in [0, 0.05) is 26.9 Å². The van der Waals surface area contributed by atoms with E-state index in [-0.39, 0.29) is 36.2 Å². The summed E-state index contributed by atoms with van der Waals surface area (Å²) in [6.45, 7) is -2.57. The van der Waals surface area contributed by atoms with E-state index in [0.29, 0.717) is 4.57 Å². The molecule has 2 fully saturated rings. The molecule has 0 aliphatic carbocycles. The van der Waals surface area contributed by atoms with Crippen LogP contribution in [0.25, 0.3) is 6.08 Å². The third-order valence-corrected chi connectivity index (χ3v) is 14.0. The molecule has 0 bridgehead atoms. The quantitative estimate of drug-likeness (QED) is 0.0726. The van der Waals surface area contributed by atoms with Crippen LogP contribution in [0.1, 0.15) is 11.8 Å². The SMILES string of the molecule is COC1C(O)[C@H](N2CN(C)c3c2nc(N)[nH]c3=O)O[C@@H]1COP(=O)([O-])OP(=O)([O-])OP(=O)([O-])OP(=O)([O-])OC[C@H]1O[C@@H](n2cc(/C=C/CN)c(=O)[nH]c2=O)C(O)[C@H]1O. The summed E-state index contributed by atoms with van der Waals surface area (Å²) < 4.78 is 85.6. The van der Waals surface area contributed by atoms with E-state index in [0.717, 1.165) is 13.3 Å². The summed E-state index contributed by atoms with van der Waals surface area (Å²) in [6, 6.07) is 0. The Labute approximate surface area is 323 Å². The summed E-state index contributed by atoms with van der Waals surface area (Å²) in [5, 5.41) is 31.7. The normalized spacial score (nSPS) is 30.2. The van der Waals surface area contributed by atoms with Gasteiger partial charge in [0.05, 0.1) is 25.4 Å². The van der Waals surface area contributed by atoms with Gasteiger partial charge in [-0.05, 0) is 0 Å². The third-order valence-electron chi connectivity index (χ3n) is 8.24. The minimum absolute atomic E-state index is 0.000687. The minimum Gasteiger partial charge on any atom is -0.756 e. The Morgan fingerprint density at radius 1 is 0.879 bits per heavy atom. The van der Waals surface area contributed by atoms with Gasteiger partial charge in [-0.1, -0.05) is 12.2 Å². The number of anilines is 3. The number of methoxy groups -OCH3 is 1. The topological polar surface area (TPSA) is 454 Å². The lowest BCUT2D eigenvalue weighted by Gasteiger charge is -2.36. The van der Waals surface area contributed by atoms with Gasteiger partial charge >= 0.3 is 5.69 Å². The lowest BCUT2D eigenvalue weighted by Crippen LogP contribution is -2.46. The van der Waals surface area contributed by atoms with Gasteiger partial charge in [-0.25, -0.2) is 17.7 Å². The number of nitrogen functional groups attached to an aromatic ring is 1. The lowest BCUT2D eigenvalue weighted by atomic mass is 10.1. The average Bonchev–Trinajstić information content (AvgIpc) is 3.69. The number of phosphoric acid groups is 4. The first kappa shape index (κ1) is 46.1. The molecule has 2 aromatic heterocycles. The van der Waals surface area contributed by atoms with Crippen molar-refractivity contribution in [1.82, 2.24) is 19.5 Å². The molecule has 34 heteroatoms. The molecule has 0 radical (unpaired) electrons. The number of aliphatic hydroxyl groups is 3. The largest absolute Gasteiger partial charge is 0.756 e. The number of nitrogens with two attached hydrogens (primary N) is 2. The van der Waals surface area contributed by atoms with Gasteiger partial charge in [-0.2, -0.15) is 4.98 Å². The van der Waals surface area contributed by atoms with Crippen LogP contribution in [-0.2, 0) is 54.5 Å². The van der Waals surface area contributed by atoms with Crippen molar-refractivity contribution in [2.75, 3.05) is 56.1 Å². The Morgan fingerprint density at radius 2 is 1.45 bits per heavy atom. The predicted octanol–water partition coefficient (Wildman–Crippen LogP) is -6.24. The fourth-order valence-electron chi connectivity index (χ4n) is 5.86. The van der Waals surface area contributed by atoms with Gasteiger partial charge in [-0.15, -0.1) is 0 Å². The monoisotopic (exact) mass is 910 g/mol. The zero-order chi connectivity index (χ0) is 43.1. The van der Waals surface area contributed by atoms with E-state index in [1.54, 1.807) is 0 Å². The summed E-state index contributed by atoms with van der Waals surface area (Å²) in [6.07, 6.45) is -9.97. The second-order valence-electron chi connectivity index (χ2n) is 12.2. The molecular weight excluding hydrogens is 876 g/mol. The van der Waals surface area contributed by atoms with Crippen LogP contribution in [-0.4, -0.2) is 118 Å². The molecule has 12 atom stereocenters. The van der Waals surface area contributed by atoms with E-state index >= 15 is 0 Å². The summed E-state index contributed by atoms with van der Waals surface area (Å²) >= 11 is 0. The van der Waals surface area contributed by atoms with Crippen LogP contribution in [0, 0.1) is 0 Å². The van der Waals surface area contributed by atoms with Gasteiger partial charge in [0.25, 0.3) is 42.4 Å². The summed E-state index contributed by atoms with van der Waals surface area (Å²) in [5.41, 5.74) is 8.27. The van der Waals surface area contributed by atoms with Crippen LogP contribution >= 0.6 is 31.3 Å². The number of rotatable bonds is 17. The maximum absolute atomic E-state index is 12.4. The molecule has 5 rings (SSSR count). The van der Waals surface area contributed by atoms with E-state index in [1.807, 2.05) is 4.98 Å². The number of aliphatic hydroxyl groups excluding tert-OH is 3. The zero-order valence-corrected chi connectivity index (χ0v) is 33.1. The summed E-state index contributed by atoms with van der Waals surface area (Å²) in [7, 11) is -23.1. The van der Waals surface area contributed by atoms with E-state index < -0.39 is 110 Å². The number of nitrogens with zero attached hydrogens (tertiary/aromatic N) is 4. The second-order valence-corrected chi connectivity index (χ2v) is 18.3. The van der Waals surface area contributed by atoms with Crippen molar-refractivity contribution < 1.29 is 89.3 Å². The number of hydrogen-bond acceptors (Lipinski definition) is 27. The Kier molecular flexibility index (Phi) is 13.9. The molecule has 2 saturated heterocycles. The lowest BCUT2D eigenvalue weighted by molar-refractivity contribution is -0.255. The van der Waals surface area contributed by atoms with Crippen LogP contribution in [0.4, 0.5) is 17.5 Å². The predicted molar refractivity (Wildman–Crippen MR) is 181 cm³/mol. The molecule has 326 valence electrons. The van der Waals surface area contributed by atoms with Crippen molar-refractivity contribution in [2.24, 2.45) is 5.73 Å². The molecule has 9 N–H and O–H groups in total. The molecule has 0 amide bonds. The van der Waals surface area contributed by atoms with Crippen LogP contribution in [0.5, 0.6) is 0 Å². The molecule has 3 aliphatic heterocycles. The standard InChI is InChI=1S/C24H38N8O22P4/c1-30-9-32(18-13(30)20(37)28-23(26)27-18)22-16(35)17(47-2)12(51-22)8-49-56(41,42)53-58(45,46)54-57(43,44)52-55(39,40)48-7-11-14(33)15(34)21(50-11)31-6-10(4-3-5-25)19(36)29-24(31)38/h3-4,6,11-12,14-17,21-22,33-35H,5,7-9,25H2,1-2H3,(H,39,40)(H,41,42)(H,43,44)(H,45,46)(H,29,36,38)(H3,26,27,28,37)/p-4/b4-3+/t11-,12-,14+,15?,16?,17?,21-,22-/m1/s1. The number of aromatic amines is 2. The minimum atomic E-state index is -6.66. The number of aromatic nitrogens is 4. The molecular formula is C24H34N8O22P4-4. The number of phosphoric ester groups is 2. The van der Waals surface area contributed by atoms with Crippen LogP contribution in [0.2, 0.25) is 0 Å². The molecule has 58 heavy (non-hydrogen) atoms. The first-order chi connectivity index (χ1) is 26.9. The molecule has 30 nitrogen and oxygen atoms in total. The molecule has 2 aromatic rings. The van der Waals surface area contributed by atoms with Crippen molar-refractivity contribution in [3.05, 3.63) is 49.0 Å². The number of nitrogens with one attached hydrogen (secondary N) is 2. The van der Waals surface area contributed by atoms with Crippen molar-refractivity contribution in [3.8, 4) is 0 Å². The van der Waals surface area contributed by atoms with E-state index in [2.05, 4.69) is 31.9 Å². The molecule has 0 saturated carbocycles. The smallest absolute Gasteiger partial charge is 0.330 e. The molecule has 3 aliphatic rings. The Balaban J connectivity index is 1.16. The fourth-order valence-corrected chi connectivity index (χ4v) is 10.6. The Morgan fingerprint density at radius 3 is 2.03 bits per heavy atom. The first-order valence-corrected chi connectivity index (χ1v) is 21.9. The molecule has 0 aromatic carbocycles. The summed E-state index contributed by atoms with van der Waals surface area (Å²) in [5.74, 6) is -0.302. The maximum Gasteiger partial charge on any atom is 0.330 e. The molecule has 7 unspecified atom stereocenters. The van der Waals surface area contributed by atoms with Crippen LogP contribution in [0.3, 0.4) is 0 Å². The van der Waals surface area contributed by atoms with E-state index in [9.17, 15) is 67.5 Å². The highest BCUT2D eigenvalue weighted by atomic mass is 31.3. The first-order valence-electron chi connectivity index (χ1n) is 16.0. The molecule has 0 spiro atoms. The second kappa shape index (κ2) is 17.5. The molecule has 5 heterocycles. The number of H-pyrrole nitrogens is 2. The average molecular weight is 910 g/mol. The third kappa shape index (κ3) is 10.5. The van der Waals surface area contributed by atoms with Crippen molar-refractivity contribution in [2.45, 2.75) is 49.1 Å².